The number of aromatic amines is 1. The number of hydrogen-bond donors (Lipinski definition) is 1. The Labute approximate surface area is 122 Å². The number of nitrogens with zero attached hydrogens (tertiary/aromatic N) is 2. The van der Waals surface area contributed by atoms with Gasteiger partial charge in [0.2, 0.25) is 0 Å². The third kappa shape index (κ3) is 2.59. The molecular formula is C14H9N3O3S. The summed E-state index contributed by atoms with van der Waals surface area (Å²) in [6, 6.07) is 9.49. The Balaban J connectivity index is 2.08. The van der Waals surface area contributed by atoms with Crippen LogP contribution in [-0.4, -0.2) is 14.9 Å². The van der Waals surface area contributed by atoms with Gasteiger partial charge in [0.15, 0.2) is 5.52 Å². The fraction of sp³-hybridized carbons (Fsp3) is 0. The van der Waals surface area contributed by atoms with Gasteiger partial charge in [0.25, 0.3) is 5.56 Å². The van der Waals surface area contributed by atoms with Gasteiger partial charge in [-0.05, 0) is 11.6 Å². The summed E-state index contributed by atoms with van der Waals surface area (Å²) in [6.45, 7) is 0. The fourth-order valence-electron chi connectivity index (χ4n) is 1.88. The first kappa shape index (κ1) is 13.2. The Bertz CT molecular complexity index is 897. The summed E-state index contributed by atoms with van der Waals surface area (Å²) in [4.78, 5) is 29.1. The molecule has 0 saturated carbocycles. The van der Waals surface area contributed by atoms with Gasteiger partial charge in [0, 0.05) is 0 Å². The van der Waals surface area contributed by atoms with Crippen molar-refractivity contribution < 1.29 is 4.92 Å². The molecule has 3 aromatic rings. The van der Waals surface area contributed by atoms with Crippen molar-refractivity contribution in [3.63, 3.8) is 0 Å². The van der Waals surface area contributed by atoms with Gasteiger partial charge in [-0.3, -0.25) is 14.9 Å². The monoisotopic (exact) mass is 299 g/mol. The Morgan fingerprint density at radius 1 is 1.24 bits per heavy atom. The Morgan fingerprint density at radius 2 is 2.00 bits per heavy atom. The molecule has 21 heavy (non-hydrogen) atoms. The van der Waals surface area contributed by atoms with Crippen molar-refractivity contribution >= 4 is 39.4 Å². The summed E-state index contributed by atoms with van der Waals surface area (Å²) >= 11 is 1.02. The fourth-order valence-corrected chi connectivity index (χ4v) is 2.73. The second kappa shape index (κ2) is 5.29. The number of rotatable bonds is 3. The summed E-state index contributed by atoms with van der Waals surface area (Å²) < 4.78 is 0.263. The highest BCUT2D eigenvalue weighted by Gasteiger charge is 2.18. The van der Waals surface area contributed by atoms with E-state index in [2.05, 4.69) is 9.97 Å². The summed E-state index contributed by atoms with van der Waals surface area (Å²) in [5.74, 6) is 0.290. The number of H-pyrrole nitrogens is 1. The summed E-state index contributed by atoms with van der Waals surface area (Å²) in [7, 11) is 0. The lowest BCUT2D eigenvalue weighted by atomic mass is 10.2. The molecule has 0 saturated heterocycles. The smallest absolute Gasteiger partial charge is 0.306 e. The number of nitrogens with one attached hydrogen (secondary N) is 1. The average Bonchev–Trinajstić information content (AvgIpc) is 2.91. The van der Waals surface area contributed by atoms with Crippen LogP contribution in [0, 0.1) is 10.1 Å². The largest absolute Gasteiger partial charge is 0.306 e. The van der Waals surface area contributed by atoms with Crippen LogP contribution in [0.25, 0.3) is 22.4 Å². The maximum atomic E-state index is 11.9. The first-order valence-electron chi connectivity index (χ1n) is 6.04. The van der Waals surface area contributed by atoms with E-state index >= 15 is 0 Å². The second-order valence-electron chi connectivity index (χ2n) is 4.25. The average molecular weight is 299 g/mol. The highest BCUT2D eigenvalue weighted by atomic mass is 32.1. The second-order valence-corrected chi connectivity index (χ2v) is 5.13. The molecule has 0 amide bonds. The van der Waals surface area contributed by atoms with Crippen molar-refractivity contribution in [3.05, 3.63) is 67.6 Å². The molecule has 0 bridgehead atoms. The van der Waals surface area contributed by atoms with Gasteiger partial charge >= 0.3 is 5.69 Å². The van der Waals surface area contributed by atoms with E-state index in [9.17, 15) is 14.9 Å². The highest BCUT2D eigenvalue weighted by molar-refractivity contribution is 7.17. The first-order valence-corrected chi connectivity index (χ1v) is 6.92. The lowest BCUT2D eigenvalue weighted by Crippen LogP contribution is -2.08. The minimum absolute atomic E-state index is 0.126. The quantitative estimate of drug-likeness (QED) is 0.594. The predicted molar refractivity (Wildman–Crippen MR) is 82.3 cm³/mol. The van der Waals surface area contributed by atoms with Crippen molar-refractivity contribution in [2.24, 2.45) is 0 Å². The molecule has 2 heterocycles. The van der Waals surface area contributed by atoms with Crippen LogP contribution < -0.4 is 5.56 Å². The van der Waals surface area contributed by atoms with Gasteiger partial charge < -0.3 is 4.98 Å². The number of benzene rings is 1. The lowest BCUT2D eigenvalue weighted by Gasteiger charge is -1.95. The molecule has 6 nitrogen and oxygen atoms in total. The normalized spacial score (nSPS) is 11.2. The molecular weight excluding hydrogens is 290 g/mol. The van der Waals surface area contributed by atoms with Gasteiger partial charge in [-0.1, -0.05) is 36.4 Å². The first-order chi connectivity index (χ1) is 10.1. The summed E-state index contributed by atoms with van der Waals surface area (Å²) in [5.41, 5.74) is 0.558. The van der Waals surface area contributed by atoms with E-state index in [1.165, 1.54) is 5.38 Å². The molecule has 3 rings (SSSR count). The van der Waals surface area contributed by atoms with Crippen LogP contribution in [0.4, 0.5) is 5.69 Å². The molecule has 2 aromatic heterocycles. The van der Waals surface area contributed by atoms with Gasteiger partial charge in [0.1, 0.15) is 10.5 Å². The van der Waals surface area contributed by atoms with Crippen LogP contribution in [0.1, 0.15) is 11.4 Å². The predicted octanol–water partition coefficient (Wildman–Crippen LogP) is 3.06. The molecule has 0 fully saturated rings. The summed E-state index contributed by atoms with van der Waals surface area (Å²) in [5, 5.41) is 12.3. The zero-order valence-electron chi connectivity index (χ0n) is 10.6. The van der Waals surface area contributed by atoms with Crippen LogP contribution in [0.3, 0.4) is 0 Å². The number of nitro groups is 1. The molecule has 0 spiro atoms. The lowest BCUT2D eigenvalue weighted by molar-refractivity contribution is -0.382. The minimum Gasteiger partial charge on any atom is -0.306 e. The standard InChI is InChI=1S/C14H9N3O3S/c18-14-13-12(10(8-21-13)17(19)20)15-11(16-14)7-6-9-4-2-1-3-5-9/h1-8H,(H,15,16,18)/b7-6+. The number of thiophene rings is 1. The van der Waals surface area contributed by atoms with Crippen LogP contribution in [0.15, 0.2) is 40.5 Å². The number of fused-ring (bicyclic) bond motifs is 1. The van der Waals surface area contributed by atoms with Crippen LogP contribution in [-0.2, 0) is 0 Å². The van der Waals surface area contributed by atoms with Crippen LogP contribution in [0.2, 0.25) is 0 Å². The van der Waals surface area contributed by atoms with Crippen molar-refractivity contribution in [2.45, 2.75) is 0 Å². The molecule has 0 aliphatic rings. The Morgan fingerprint density at radius 3 is 2.71 bits per heavy atom. The molecule has 0 atom stereocenters. The Hall–Kier alpha value is -2.80. The SMILES string of the molecule is O=c1[nH]c(/C=C/c2ccccc2)nc2c([N+](=O)[O-])csc12. The zero-order chi connectivity index (χ0) is 14.8. The van der Waals surface area contributed by atoms with Crippen molar-refractivity contribution in [3.8, 4) is 0 Å². The molecule has 7 heteroatoms. The zero-order valence-corrected chi connectivity index (χ0v) is 11.5. The molecule has 1 N–H and O–H groups in total. The maximum Gasteiger partial charge on any atom is 0.306 e. The molecule has 0 aliphatic carbocycles. The molecule has 0 radical (unpaired) electrons. The van der Waals surface area contributed by atoms with E-state index in [1.807, 2.05) is 30.3 Å². The van der Waals surface area contributed by atoms with Crippen LogP contribution >= 0.6 is 11.3 Å². The topological polar surface area (TPSA) is 88.9 Å². The van der Waals surface area contributed by atoms with E-state index in [0.717, 1.165) is 16.9 Å². The third-order valence-electron chi connectivity index (χ3n) is 2.86. The number of aromatic nitrogens is 2. The molecule has 0 aliphatic heterocycles. The van der Waals surface area contributed by atoms with Gasteiger partial charge in [-0.25, -0.2) is 4.98 Å². The minimum atomic E-state index is -0.532. The van der Waals surface area contributed by atoms with E-state index in [-0.39, 0.29) is 27.3 Å². The van der Waals surface area contributed by atoms with E-state index in [1.54, 1.807) is 12.2 Å². The van der Waals surface area contributed by atoms with E-state index < -0.39 is 4.92 Å². The maximum absolute atomic E-state index is 11.9. The highest BCUT2D eigenvalue weighted by Crippen LogP contribution is 2.27. The molecule has 1 aromatic carbocycles. The molecule has 104 valence electrons. The van der Waals surface area contributed by atoms with Gasteiger partial charge in [-0.2, -0.15) is 0 Å². The van der Waals surface area contributed by atoms with Gasteiger partial charge in [-0.15, -0.1) is 11.3 Å². The number of hydrogen-bond acceptors (Lipinski definition) is 5. The van der Waals surface area contributed by atoms with Crippen molar-refractivity contribution in [2.75, 3.05) is 0 Å². The van der Waals surface area contributed by atoms with E-state index in [4.69, 9.17) is 0 Å². The van der Waals surface area contributed by atoms with Gasteiger partial charge in [0.05, 0.1) is 10.3 Å². The van der Waals surface area contributed by atoms with Crippen molar-refractivity contribution in [1.29, 1.82) is 0 Å². The van der Waals surface area contributed by atoms with E-state index in [0.29, 0.717) is 0 Å². The Kier molecular flexibility index (Phi) is 3.33. The van der Waals surface area contributed by atoms with Crippen molar-refractivity contribution in [1.82, 2.24) is 9.97 Å². The summed E-state index contributed by atoms with van der Waals surface area (Å²) in [6.07, 6.45) is 3.40. The van der Waals surface area contributed by atoms with Crippen LogP contribution in [0.5, 0.6) is 0 Å². The third-order valence-corrected chi connectivity index (χ3v) is 3.81. The molecule has 0 unspecified atom stereocenters.